The normalized spacial score (nSPS) is 11.3. The van der Waals surface area contributed by atoms with Crippen LogP contribution in [0, 0.1) is 5.82 Å². The first kappa shape index (κ1) is 12.5. The molecule has 0 atom stereocenters. The van der Waals surface area contributed by atoms with Crippen LogP contribution in [0.4, 0.5) is 4.39 Å². The Hall–Kier alpha value is -1.50. The highest BCUT2D eigenvalue weighted by atomic mass is 35.5. The Bertz CT molecular complexity index is 701. The molecule has 0 aliphatic carbocycles. The van der Waals surface area contributed by atoms with Crippen molar-refractivity contribution in [1.82, 2.24) is 9.97 Å². The van der Waals surface area contributed by atoms with Gasteiger partial charge in [0.05, 0.1) is 10.0 Å². The second kappa shape index (κ2) is 4.88. The average molecular weight is 298 g/mol. The van der Waals surface area contributed by atoms with Crippen LogP contribution in [0.2, 0.25) is 5.02 Å². The van der Waals surface area contributed by atoms with Crippen molar-refractivity contribution in [2.24, 2.45) is 5.73 Å². The van der Waals surface area contributed by atoms with Crippen molar-refractivity contribution in [2.45, 2.75) is 6.42 Å². The van der Waals surface area contributed by atoms with Crippen molar-refractivity contribution < 1.29 is 8.81 Å². The Morgan fingerprint density at radius 3 is 3.00 bits per heavy atom. The number of aromatic nitrogens is 2. The van der Waals surface area contributed by atoms with E-state index in [2.05, 4.69) is 9.97 Å². The van der Waals surface area contributed by atoms with E-state index in [1.807, 2.05) is 5.38 Å². The van der Waals surface area contributed by atoms with Crippen LogP contribution in [0.3, 0.4) is 0 Å². The molecular formula is C12H9ClFN3OS. The SMILES string of the molecule is NCCc1nc(-c2nc3cc(Cl)c(F)cc3o2)cs1. The number of hydrogen-bond donors (Lipinski definition) is 1. The molecule has 0 bridgehead atoms. The fourth-order valence-corrected chi connectivity index (χ4v) is 2.63. The Morgan fingerprint density at radius 2 is 2.21 bits per heavy atom. The van der Waals surface area contributed by atoms with Gasteiger partial charge in [-0.15, -0.1) is 11.3 Å². The van der Waals surface area contributed by atoms with E-state index in [4.69, 9.17) is 21.8 Å². The van der Waals surface area contributed by atoms with Gasteiger partial charge in [-0.25, -0.2) is 14.4 Å². The molecule has 3 aromatic rings. The quantitative estimate of drug-likeness (QED) is 0.806. The van der Waals surface area contributed by atoms with Crippen LogP contribution < -0.4 is 5.73 Å². The molecule has 0 saturated carbocycles. The van der Waals surface area contributed by atoms with Gasteiger partial charge in [-0.1, -0.05) is 11.6 Å². The van der Waals surface area contributed by atoms with Gasteiger partial charge in [-0.05, 0) is 12.6 Å². The maximum atomic E-state index is 13.3. The largest absolute Gasteiger partial charge is 0.435 e. The van der Waals surface area contributed by atoms with Crippen molar-refractivity contribution in [1.29, 1.82) is 0 Å². The number of oxazole rings is 1. The van der Waals surface area contributed by atoms with Gasteiger partial charge in [0.25, 0.3) is 0 Å². The van der Waals surface area contributed by atoms with Gasteiger partial charge in [0.1, 0.15) is 17.0 Å². The molecule has 98 valence electrons. The molecule has 4 nitrogen and oxygen atoms in total. The summed E-state index contributed by atoms with van der Waals surface area (Å²) in [6, 6.07) is 2.66. The van der Waals surface area contributed by atoms with E-state index in [1.54, 1.807) is 0 Å². The molecule has 2 N–H and O–H groups in total. The van der Waals surface area contributed by atoms with E-state index < -0.39 is 5.82 Å². The van der Waals surface area contributed by atoms with Crippen LogP contribution in [-0.4, -0.2) is 16.5 Å². The second-order valence-corrected chi connectivity index (χ2v) is 5.27. The molecule has 0 radical (unpaired) electrons. The van der Waals surface area contributed by atoms with Crippen molar-refractivity contribution in [3.05, 3.63) is 33.4 Å². The third-order valence-corrected chi connectivity index (χ3v) is 3.76. The van der Waals surface area contributed by atoms with Crippen LogP contribution in [0.1, 0.15) is 5.01 Å². The molecule has 0 aliphatic heterocycles. The minimum absolute atomic E-state index is 0.0226. The predicted molar refractivity (Wildman–Crippen MR) is 72.8 cm³/mol. The molecule has 0 saturated heterocycles. The standard InChI is InChI=1S/C12H9ClFN3OS/c13-6-3-8-10(4-7(6)14)18-12(17-8)9-5-19-11(16-9)1-2-15/h3-5H,1-2,15H2. The highest BCUT2D eigenvalue weighted by Gasteiger charge is 2.13. The number of benzene rings is 1. The molecule has 7 heteroatoms. The summed E-state index contributed by atoms with van der Waals surface area (Å²) in [5.41, 5.74) is 6.96. The fraction of sp³-hybridized carbons (Fsp3) is 0.167. The summed E-state index contributed by atoms with van der Waals surface area (Å²) < 4.78 is 18.8. The Kier molecular flexibility index (Phi) is 3.22. The average Bonchev–Trinajstić information content (AvgIpc) is 2.97. The van der Waals surface area contributed by atoms with Crippen molar-refractivity contribution in [3.63, 3.8) is 0 Å². The van der Waals surface area contributed by atoms with E-state index in [1.165, 1.54) is 23.5 Å². The van der Waals surface area contributed by atoms with Gasteiger partial charge in [0.15, 0.2) is 5.58 Å². The van der Waals surface area contributed by atoms with Crippen molar-refractivity contribution >= 4 is 34.0 Å². The van der Waals surface area contributed by atoms with Gasteiger partial charge < -0.3 is 10.2 Å². The molecule has 19 heavy (non-hydrogen) atoms. The molecular weight excluding hydrogens is 289 g/mol. The van der Waals surface area contributed by atoms with Gasteiger partial charge in [0, 0.05) is 17.9 Å². The summed E-state index contributed by atoms with van der Waals surface area (Å²) in [7, 11) is 0. The number of hydrogen-bond acceptors (Lipinski definition) is 5. The van der Waals surface area contributed by atoms with Crippen molar-refractivity contribution in [3.8, 4) is 11.6 Å². The third-order valence-electron chi connectivity index (χ3n) is 2.56. The zero-order valence-corrected chi connectivity index (χ0v) is 11.3. The minimum Gasteiger partial charge on any atom is -0.435 e. The van der Waals surface area contributed by atoms with E-state index in [9.17, 15) is 4.39 Å². The number of rotatable bonds is 3. The molecule has 0 unspecified atom stereocenters. The fourth-order valence-electron chi connectivity index (χ4n) is 1.68. The van der Waals surface area contributed by atoms with E-state index in [0.717, 1.165) is 5.01 Å². The lowest BCUT2D eigenvalue weighted by atomic mass is 10.3. The maximum Gasteiger partial charge on any atom is 0.247 e. The minimum atomic E-state index is -0.529. The summed E-state index contributed by atoms with van der Waals surface area (Å²) in [6.45, 7) is 0.543. The lowest BCUT2D eigenvalue weighted by molar-refractivity contribution is 0.601. The number of thiazole rings is 1. The molecule has 2 aromatic heterocycles. The van der Waals surface area contributed by atoms with Crippen LogP contribution in [-0.2, 0) is 6.42 Å². The van der Waals surface area contributed by atoms with Crippen LogP contribution in [0.15, 0.2) is 21.9 Å². The van der Waals surface area contributed by atoms with Gasteiger partial charge >= 0.3 is 0 Å². The summed E-state index contributed by atoms with van der Waals surface area (Å²) in [5.74, 6) is -0.171. The van der Waals surface area contributed by atoms with E-state index >= 15 is 0 Å². The molecule has 0 fully saturated rings. The second-order valence-electron chi connectivity index (χ2n) is 3.92. The first-order valence-electron chi connectivity index (χ1n) is 5.58. The monoisotopic (exact) mass is 297 g/mol. The summed E-state index contributed by atoms with van der Waals surface area (Å²) >= 11 is 7.20. The number of halogens is 2. The summed E-state index contributed by atoms with van der Waals surface area (Å²) in [4.78, 5) is 8.62. The van der Waals surface area contributed by atoms with Crippen LogP contribution in [0.25, 0.3) is 22.7 Å². The van der Waals surface area contributed by atoms with Crippen LogP contribution >= 0.6 is 22.9 Å². The number of fused-ring (bicyclic) bond motifs is 1. The first-order chi connectivity index (χ1) is 9.17. The van der Waals surface area contributed by atoms with Gasteiger partial charge in [-0.2, -0.15) is 0 Å². The first-order valence-corrected chi connectivity index (χ1v) is 6.83. The maximum absolute atomic E-state index is 13.3. The van der Waals surface area contributed by atoms with Gasteiger partial charge in [-0.3, -0.25) is 0 Å². The Morgan fingerprint density at radius 1 is 1.37 bits per heavy atom. The highest BCUT2D eigenvalue weighted by Crippen LogP contribution is 2.28. The van der Waals surface area contributed by atoms with E-state index in [-0.39, 0.29) is 5.02 Å². The molecule has 0 spiro atoms. The van der Waals surface area contributed by atoms with E-state index in [0.29, 0.717) is 35.6 Å². The lowest BCUT2D eigenvalue weighted by Gasteiger charge is -1.90. The molecule has 3 rings (SSSR count). The number of nitrogens with zero attached hydrogens (tertiary/aromatic N) is 2. The topological polar surface area (TPSA) is 64.9 Å². The van der Waals surface area contributed by atoms with Crippen LogP contribution in [0.5, 0.6) is 0 Å². The lowest BCUT2D eigenvalue weighted by Crippen LogP contribution is -2.01. The molecule has 1 aromatic carbocycles. The molecule has 0 aliphatic rings. The zero-order chi connectivity index (χ0) is 13.4. The Balaban J connectivity index is 2.04. The molecule has 2 heterocycles. The number of nitrogens with two attached hydrogens (primary N) is 1. The smallest absolute Gasteiger partial charge is 0.247 e. The van der Waals surface area contributed by atoms with Gasteiger partial charge in [0.2, 0.25) is 5.89 Å². The summed E-state index contributed by atoms with van der Waals surface area (Å²) in [5, 5.41) is 2.78. The molecule has 0 amide bonds. The predicted octanol–water partition coefficient (Wildman–Crippen LogP) is 3.25. The highest BCUT2D eigenvalue weighted by molar-refractivity contribution is 7.09. The van der Waals surface area contributed by atoms with Crippen molar-refractivity contribution in [2.75, 3.05) is 6.54 Å². The zero-order valence-electron chi connectivity index (χ0n) is 9.69. The third kappa shape index (κ3) is 2.34. The Labute approximate surface area is 117 Å². The summed E-state index contributed by atoms with van der Waals surface area (Å²) in [6.07, 6.45) is 0.714.